The lowest BCUT2D eigenvalue weighted by molar-refractivity contribution is -0.141. The Morgan fingerprint density at radius 3 is 2.68 bits per heavy atom. The smallest absolute Gasteiger partial charge is 0.306 e. The van der Waals surface area contributed by atoms with E-state index in [4.69, 9.17) is 9.52 Å². The monoisotopic (exact) mass is 300 g/mol. The van der Waals surface area contributed by atoms with Gasteiger partial charge in [0.15, 0.2) is 5.69 Å². The molecule has 114 valence electrons. The van der Waals surface area contributed by atoms with Crippen LogP contribution in [0.4, 0.5) is 0 Å². The van der Waals surface area contributed by atoms with E-state index in [1.807, 2.05) is 30.3 Å². The van der Waals surface area contributed by atoms with E-state index in [9.17, 15) is 9.59 Å². The minimum atomic E-state index is -0.801. The van der Waals surface area contributed by atoms with E-state index in [0.717, 1.165) is 5.56 Å². The zero-order valence-corrected chi connectivity index (χ0v) is 11.9. The van der Waals surface area contributed by atoms with Crippen LogP contribution in [0, 0.1) is 5.92 Å². The average Bonchev–Trinajstić information content (AvgIpc) is 3.17. The molecule has 1 aliphatic rings. The normalized spacial score (nSPS) is 20.7. The molecule has 1 saturated carbocycles. The molecule has 2 atom stereocenters. The van der Waals surface area contributed by atoms with Crippen molar-refractivity contribution in [2.75, 3.05) is 0 Å². The number of nitrogens with zero attached hydrogens (tertiary/aromatic N) is 1. The Hall–Kier alpha value is -2.63. The van der Waals surface area contributed by atoms with Crippen LogP contribution in [0.1, 0.15) is 29.8 Å². The fourth-order valence-corrected chi connectivity index (χ4v) is 2.69. The molecule has 1 aliphatic carbocycles. The summed E-state index contributed by atoms with van der Waals surface area (Å²) in [5, 5.41) is 11.8. The lowest BCUT2D eigenvalue weighted by atomic mass is 10.1. The molecule has 2 aromatic rings. The lowest BCUT2D eigenvalue weighted by Crippen LogP contribution is -2.33. The molecular weight excluding hydrogens is 284 g/mol. The van der Waals surface area contributed by atoms with Gasteiger partial charge in [0.05, 0.1) is 5.92 Å². The Morgan fingerprint density at radius 2 is 2.00 bits per heavy atom. The van der Waals surface area contributed by atoms with Gasteiger partial charge < -0.3 is 14.8 Å². The minimum Gasteiger partial charge on any atom is -0.481 e. The predicted molar refractivity (Wildman–Crippen MR) is 78.2 cm³/mol. The summed E-state index contributed by atoms with van der Waals surface area (Å²) in [7, 11) is 0. The Labute approximate surface area is 127 Å². The van der Waals surface area contributed by atoms with E-state index < -0.39 is 5.97 Å². The van der Waals surface area contributed by atoms with E-state index in [0.29, 0.717) is 25.2 Å². The van der Waals surface area contributed by atoms with Crippen LogP contribution < -0.4 is 5.32 Å². The topological polar surface area (TPSA) is 92.4 Å². The number of nitrogens with one attached hydrogen (secondary N) is 1. The Kier molecular flexibility index (Phi) is 3.91. The van der Waals surface area contributed by atoms with Crippen molar-refractivity contribution in [3.8, 4) is 11.5 Å². The van der Waals surface area contributed by atoms with Gasteiger partial charge in [-0.3, -0.25) is 9.59 Å². The molecule has 2 N–H and O–H groups in total. The third-order valence-electron chi connectivity index (χ3n) is 3.87. The van der Waals surface area contributed by atoms with Gasteiger partial charge in [-0.25, -0.2) is 4.98 Å². The van der Waals surface area contributed by atoms with Gasteiger partial charge in [-0.2, -0.15) is 0 Å². The first-order valence-corrected chi connectivity index (χ1v) is 7.18. The molecule has 0 unspecified atom stereocenters. The van der Waals surface area contributed by atoms with Gasteiger partial charge in [-0.05, 0) is 31.4 Å². The molecule has 0 bridgehead atoms. The number of rotatable bonds is 4. The van der Waals surface area contributed by atoms with Crippen LogP contribution in [-0.4, -0.2) is 28.0 Å². The third kappa shape index (κ3) is 3.00. The highest BCUT2D eigenvalue weighted by atomic mass is 16.4. The quantitative estimate of drug-likeness (QED) is 0.904. The second-order valence-corrected chi connectivity index (χ2v) is 5.42. The fourth-order valence-electron chi connectivity index (χ4n) is 2.69. The van der Waals surface area contributed by atoms with Gasteiger partial charge in [0, 0.05) is 11.6 Å². The zero-order chi connectivity index (χ0) is 15.5. The molecule has 0 radical (unpaired) electrons. The summed E-state index contributed by atoms with van der Waals surface area (Å²) < 4.78 is 5.33. The number of carbonyl (C=O) groups is 2. The Bertz CT molecular complexity index is 680. The van der Waals surface area contributed by atoms with Crippen molar-refractivity contribution in [2.45, 2.75) is 25.3 Å². The van der Waals surface area contributed by atoms with Gasteiger partial charge in [0.2, 0.25) is 5.89 Å². The summed E-state index contributed by atoms with van der Waals surface area (Å²) in [6.07, 6.45) is 3.05. The number of aromatic nitrogens is 1. The van der Waals surface area contributed by atoms with Crippen LogP contribution in [0.25, 0.3) is 11.5 Å². The fraction of sp³-hybridized carbons (Fsp3) is 0.312. The number of amides is 1. The molecular formula is C16H16N2O4. The maximum Gasteiger partial charge on any atom is 0.306 e. The summed E-state index contributed by atoms with van der Waals surface area (Å²) in [6.45, 7) is 0. The van der Waals surface area contributed by atoms with Gasteiger partial charge in [-0.15, -0.1) is 0 Å². The standard InChI is InChI=1S/C16H16N2O4/c19-14(17-12-7-6-11(8-12)16(20)21)13-9-22-15(18-13)10-4-2-1-3-5-10/h1-5,9,11-12H,6-8H2,(H,17,19)(H,20,21)/t11-,12+/m0/s1. The van der Waals surface area contributed by atoms with Crippen LogP contribution in [-0.2, 0) is 4.79 Å². The number of carbonyl (C=O) groups excluding carboxylic acids is 1. The van der Waals surface area contributed by atoms with Crippen LogP contribution in [0.3, 0.4) is 0 Å². The maximum absolute atomic E-state index is 12.1. The third-order valence-corrected chi connectivity index (χ3v) is 3.87. The van der Waals surface area contributed by atoms with E-state index in [1.54, 1.807) is 0 Å². The van der Waals surface area contributed by atoms with Gasteiger partial charge in [0.1, 0.15) is 6.26 Å². The Balaban J connectivity index is 1.64. The van der Waals surface area contributed by atoms with Crippen molar-refractivity contribution in [1.29, 1.82) is 0 Å². The summed E-state index contributed by atoms with van der Waals surface area (Å²) >= 11 is 0. The van der Waals surface area contributed by atoms with Crippen molar-refractivity contribution in [2.24, 2.45) is 5.92 Å². The summed E-state index contributed by atoms with van der Waals surface area (Å²) in [6, 6.07) is 9.20. The molecule has 1 fully saturated rings. The number of hydrogen-bond donors (Lipinski definition) is 2. The number of carboxylic acid groups (broad SMARTS) is 1. The molecule has 0 saturated heterocycles. The number of aliphatic carboxylic acids is 1. The van der Waals surface area contributed by atoms with Crippen molar-refractivity contribution in [3.63, 3.8) is 0 Å². The molecule has 1 amide bonds. The number of oxazole rings is 1. The van der Waals surface area contributed by atoms with Gasteiger partial charge in [0.25, 0.3) is 5.91 Å². The predicted octanol–water partition coefficient (Wildman–Crippen LogP) is 2.32. The maximum atomic E-state index is 12.1. The second-order valence-electron chi connectivity index (χ2n) is 5.42. The largest absolute Gasteiger partial charge is 0.481 e. The molecule has 1 heterocycles. The highest BCUT2D eigenvalue weighted by Crippen LogP contribution is 2.26. The molecule has 1 aromatic carbocycles. The zero-order valence-electron chi connectivity index (χ0n) is 11.9. The first-order chi connectivity index (χ1) is 10.6. The lowest BCUT2D eigenvalue weighted by Gasteiger charge is -2.10. The number of hydrogen-bond acceptors (Lipinski definition) is 4. The summed E-state index contributed by atoms with van der Waals surface area (Å²) in [5.74, 6) is -1.12. The van der Waals surface area contributed by atoms with Crippen molar-refractivity contribution in [1.82, 2.24) is 10.3 Å². The van der Waals surface area contributed by atoms with Crippen molar-refractivity contribution in [3.05, 3.63) is 42.3 Å². The van der Waals surface area contributed by atoms with Crippen LogP contribution in [0.2, 0.25) is 0 Å². The van der Waals surface area contributed by atoms with E-state index in [1.165, 1.54) is 6.26 Å². The van der Waals surface area contributed by atoms with E-state index >= 15 is 0 Å². The van der Waals surface area contributed by atoms with Gasteiger partial charge >= 0.3 is 5.97 Å². The van der Waals surface area contributed by atoms with Gasteiger partial charge in [-0.1, -0.05) is 18.2 Å². The highest BCUT2D eigenvalue weighted by molar-refractivity contribution is 5.92. The van der Waals surface area contributed by atoms with Crippen LogP contribution in [0.5, 0.6) is 0 Å². The second kappa shape index (κ2) is 6.01. The first kappa shape index (κ1) is 14.3. The molecule has 1 aromatic heterocycles. The minimum absolute atomic E-state index is 0.120. The van der Waals surface area contributed by atoms with Crippen molar-refractivity contribution >= 4 is 11.9 Å². The molecule has 6 nitrogen and oxygen atoms in total. The molecule has 0 aliphatic heterocycles. The SMILES string of the molecule is O=C(N[C@@H]1CC[C@H](C(=O)O)C1)c1coc(-c2ccccc2)n1. The molecule has 6 heteroatoms. The van der Waals surface area contributed by atoms with E-state index in [2.05, 4.69) is 10.3 Å². The van der Waals surface area contributed by atoms with E-state index in [-0.39, 0.29) is 23.6 Å². The molecule has 22 heavy (non-hydrogen) atoms. The number of benzene rings is 1. The average molecular weight is 300 g/mol. The summed E-state index contributed by atoms with van der Waals surface area (Å²) in [4.78, 5) is 27.2. The number of carboxylic acids is 1. The molecule has 3 rings (SSSR count). The highest BCUT2D eigenvalue weighted by Gasteiger charge is 2.31. The van der Waals surface area contributed by atoms with Crippen molar-refractivity contribution < 1.29 is 19.1 Å². The molecule has 0 spiro atoms. The summed E-state index contributed by atoms with van der Waals surface area (Å²) in [5.41, 5.74) is 1.01. The first-order valence-electron chi connectivity index (χ1n) is 7.18. The van der Waals surface area contributed by atoms with Crippen LogP contribution in [0.15, 0.2) is 41.0 Å². The Morgan fingerprint density at radius 1 is 1.23 bits per heavy atom. The van der Waals surface area contributed by atoms with Crippen LogP contribution >= 0.6 is 0 Å².